The topological polar surface area (TPSA) is 55.2 Å². The van der Waals surface area contributed by atoms with Gasteiger partial charge in [-0.1, -0.05) is 18.2 Å². The molecule has 0 spiro atoms. The van der Waals surface area contributed by atoms with E-state index < -0.39 is 0 Å². The number of carbonyl (C=O) groups is 2. The summed E-state index contributed by atoms with van der Waals surface area (Å²) in [5.74, 6) is 0.926. The first kappa shape index (κ1) is 21.0. The molecule has 0 bridgehead atoms. The van der Waals surface area contributed by atoms with E-state index in [2.05, 4.69) is 29.1 Å². The Morgan fingerprint density at radius 2 is 2.03 bits per heavy atom. The number of nitrogens with zero attached hydrogens (tertiary/aromatic N) is 3. The standard InChI is InChI=1S/C26H26ClN3O2/c1-3-25(32)29-13-17(14-29)10-20(31)15-30-16(2)26(22-11-19(27)6-7-24(22)30)23-12-28-9-8-21(23)18-4-5-18/h3,6-9,11-12,17-18H,1,4-5,10,13-15H2,2H3. The van der Waals surface area contributed by atoms with Crippen molar-refractivity contribution in [3.8, 4) is 11.1 Å². The fraction of sp³-hybridized carbons (Fsp3) is 0.346. The minimum atomic E-state index is -0.0644. The number of hydrogen-bond acceptors (Lipinski definition) is 3. The van der Waals surface area contributed by atoms with Crippen molar-refractivity contribution in [2.45, 2.75) is 38.6 Å². The molecule has 1 aromatic carbocycles. The lowest BCUT2D eigenvalue weighted by Crippen LogP contribution is -2.50. The third-order valence-electron chi connectivity index (χ3n) is 6.72. The molecule has 0 radical (unpaired) electrons. The normalized spacial score (nSPS) is 16.2. The molecule has 1 amide bonds. The van der Waals surface area contributed by atoms with Crippen LogP contribution in [0.5, 0.6) is 0 Å². The third kappa shape index (κ3) is 3.75. The Balaban J connectivity index is 1.46. The van der Waals surface area contributed by atoms with Crippen molar-refractivity contribution >= 4 is 34.2 Å². The highest BCUT2D eigenvalue weighted by Gasteiger charge is 2.32. The van der Waals surface area contributed by atoms with E-state index >= 15 is 0 Å². The molecule has 5 rings (SSSR count). The van der Waals surface area contributed by atoms with Gasteiger partial charge in [-0.2, -0.15) is 0 Å². The maximum atomic E-state index is 13.0. The molecule has 5 nitrogen and oxygen atoms in total. The lowest BCUT2D eigenvalue weighted by atomic mass is 9.94. The van der Waals surface area contributed by atoms with E-state index in [1.807, 2.05) is 30.6 Å². The number of Topliss-reactive ketones (excluding diaryl/α,β-unsaturated/α-hetero) is 1. The molecule has 0 unspecified atom stereocenters. The fourth-order valence-electron chi connectivity index (χ4n) is 4.93. The Morgan fingerprint density at radius 3 is 2.75 bits per heavy atom. The van der Waals surface area contributed by atoms with Crippen LogP contribution in [0.15, 0.2) is 49.3 Å². The zero-order chi connectivity index (χ0) is 22.4. The summed E-state index contributed by atoms with van der Waals surface area (Å²) in [6.45, 7) is 7.17. The summed E-state index contributed by atoms with van der Waals surface area (Å²) in [6, 6.07) is 8.00. The first-order valence-electron chi connectivity index (χ1n) is 11.1. The zero-order valence-corrected chi connectivity index (χ0v) is 18.9. The maximum Gasteiger partial charge on any atom is 0.245 e. The van der Waals surface area contributed by atoms with E-state index in [-0.39, 0.29) is 17.6 Å². The highest BCUT2D eigenvalue weighted by Crippen LogP contribution is 2.46. The lowest BCUT2D eigenvalue weighted by molar-refractivity contribution is -0.134. The van der Waals surface area contributed by atoms with Crippen LogP contribution in [0.1, 0.15) is 36.4 Å². The molecule has 6 heteroatoms. The molecule has 32 heavy (non-hydrogen) atoms. The van der Waals surface area contributed by atoms with E-state index in [1.54, 1.807) is 4.90 Å². The predicted octanol–water partition coefficient (Wildman–Crippen LogP) is 5.15. The number of ketones is 1. The van der Waals surface area contributed by atoms with Gasteiger partial charge >= 0.3 is 0 Å². The number of likely N-dealkylation sites (tertiary alicyclic amines) is 1. The van der Waals surface area contributed by atoms with Crippen molar-refractivity contribution in [2.24, 2.45) is 5.92 Å². The number of fused-ring (bicyclic) bond motifs is 1. The Kier molecular flexibility index (Phi) is 5.38. The number of pyridine rings is 1. The quantitative estimate of drug-likeness (QED) is 0.471. The summed E-state index contributed by atoms with van der Waals surface area (Å²) >= 11 is 6.38. The average molecular weight is 448 g/mol. The van der Waals surface area contributed by atoms with Crippen molar-refractivity contribution in [1.29, 1.82) is 0 Å². The van der Waals surface area contributed by atoms with Gasteiger partial charge in [-0.3, -0.25) is 14.6 Å². The van der Waals surface area contributed by atoms with Gasteiger partial charge in [0.25, 0.3) is 0 Å². The molecular weight excluding hydrogens is 422 g/mol. The molecule has 2 fully saturated rings. The highest BCUT2D eigenvalue weighted by atomic mass is 35.5. The average Bonchev–Trinajstić information content (AvgIpc) is 3.56. The van der Waals surface area contributed by atoms with Crippen molar-refractivity contribution in [3.63, 3.8) is 0 Å². The summed E-state index contributed by atoms with van der Waals surface area (Å²) < 4.78 is 2.11. The summed E-state index contributed by atoms with van der Waals surface area (Å²) in [6.07, 6.45) is 8.03. The largest absolute Gasteiger partial charge is 0.338 e. The molecule has 1 aliphatic heterocycles. The molecular formula is C26H26ClN3O2. The molecule has 3 heterocycles. The van der Waals surface area contributed by atoms with Gasteiger partial charge in [0.1, 0.15) is 0 Å². The second-order valence-corrected chi connectivity index (χ2v) is 9.44. The molecule has 164 valence electrons. The second kappa shape index (κ2) is 8.21. The second-order valence-electron chi connectivity index (χ2n) is 9.00. The van der Waals surface area contributed by atoms with Gasteiger partial charge in [-0.05, 0) is 61.6 Å². The molecule has 2 aromatic heterocycles. The van der Waals surface area contributed by atoms with Crippen molar-refractivity contribution in [1.82, 2.24) is 14.5 Å². The van der Waals surface area contributed by atoms with Gasteiger partial charge in [0.2, 0.25) is 5.91 Å². The lowest BCUT2D eigenvalue weighted by Gasteiger charge is -2.38. The van der Waals surface area contributed by atoms with Gasteiger partial charge in [0.15, 0.2) is 5.78 Å². The number of aromatic nitrogens is 2. The number of carbonyl (C=O) groups excluding carboxylic acids is 2. The van der Waals surface area contributed by atoms with Gasteiger partial charge in [-0.25, -0.2) is 0 Å². The Morgan fingerprint density at radius 1 is 1.25 bits per heavy atom. The van der Waals surface area contributed by atoms with Gasteiger partial charge in [0, 0.05) is 70.6 Å². The first-order chi connectivity index (χ1) is 15.5. The van der Waals surface area contributed by atoms with E-state index in [9.17, 15) is 9.59 Å². The molecule has 3 aromatic rings. The van der Waals surface area contributed by atoms with Crippen LogP contribution in [0.2, 0.25) is 5.02 Å². The zero-order valence-electron chi connectivity index (χ0n) is 18.2. The fourth-order valence-corrected chi connectivity index (χ4v) is 5.11. The summed E-state index contributed by atoms with van der Waals surface area (Å²) in [5, 5.41) is 1.74. The number of benzene rings is 1. The minimum Gasteiger partial charge on any atom is -0.338 e. The van der Waals surface area contributed by atoms with Gasteiger partial charge in [-0.15, -0.1) is 0 Å². The van der Waals surface area contributed by atoms with Crippen molar-refractivity contribution in [3.05, 3.63) is 65.6 Å². The highest BCUT2D eigenvalue weighted by molar-refractivity contribution is 6.31. The van der Waals surface area contributed by atoms with Crippen LogP contribution < -0.4 is 0 Å². The Bertz CT molecular complexity index is 1240. The van der Waals surface area contributed by atoms with Gasteiger partial charge in [0.05, 0.1) is 6.54 Å². The Labute approximate surface area is 192 Å². The summed E-state index contributed by atoms with van der Waals surface area (Å²) in [7, 11) is 0. The summed E-state index contributed by atoms with van der Waals surface area (Å²) in [5.41, 5.74) is 5.66. The van der Waals surface area contributed by atoms with Gasteiger partial charge < -0.3 is 9.47 Å². The molecule has 1 aliphatic carbocycles. The Hall–Kier alpha value is -2.92. The predicted molar refractivity (Wildman–Crippen MR) is 127 cm³/mol. The van der Waals surface area contributed by atoms with Crippen LogP contribution in [0.4, 0.5) is 0 Å². The van der Waals surface area contributed by atoms with Crippen LogP contribution in [-0.2, 0) is 16.1 Å². The summed E-state index contributed by atoms with van der Waals surface area (Å²) in [4.78, 5) is 30.8. The maximum absolute atomic E-state index is 13.0. The molecule has 0 N–H and O–H groups in total. The van der Waals surface area contributed by atoms with E-state index in [1.165, 1.54) is 24.5 Å². The van der Waals surface area contributed by atoms with Crippen molar-refractivity contribution in [2.75, 3.05) is 13.1 Å². The number of amides is 1. The van der Waals surface area contributed by atoms with Crippen molar-refractivity contribution < 1.29 is 9.59 Å². The minimum absolute atomic E-state index is 0.0644. The number of halogens is 1. The van der Waals surface area contributed by atoms with Crippen LogP contribution in [-0.4, -0.2) is 39.2 Å². The number of hydrogen-bond donors (Lipinski definition) is 0. The van der Waals surface area contributed by atoms with Crippen LogP contribution in [0.25, 0.3) is 22.0 Å². The first-order valence-corrected chi connectivity index (χ1v) is 11.5. The molecule has 0 atom stereocenters. The molecule has 1 saturated heterocycles. The van der Waals surface area contributed by atoms with Crippen LogP contribution >= 0.6 is 11.6 Å². The van der Waals surface area contributed by atoms with Crippen LogP contribution in [0.3, 0.4) is 0 Å². The van der Waals surface area contributed by atoms with E-state index in [0.717, 1.165) is 27.7 Å². The van der Waals surface area contributed by atoms with Crippen LogP contribution in [0, 0.1) is 12.8 Å². The van der Waals surface area contributed by atoms with E-state index in [4.69, 9.17) is 11.6 Å². The number of rotatable bonds is 7. The molecule has 2 aliphatic rings. The smallest absolute Gasteiger partial charge is 0.245 e. The van der Waals surface area contributed by atoms with E-state index in [0.29, 0.717) is 37.0 Å². The third-order valence-corrected chi connectivity index (χ3v) is 6.96. The monoisotopic (exact) mass is 447 g/mol. The molecule has 1 saturated carbocycles. The SMILES string of the molecule is C=CC(=O)N1CC(CC(=O)Cn2c(C)c(-c3cnccc3C3CC3)c3cc(Cl)ccc32)C1.